The van der Waals surface area contributed by atoms with Crippen molar-refractivity contribution in [2.24, 2.45) is 16.2 Å². The Labute approximate surface area is 67.4 Å². The third-order valence-electron chi connectivity index (χ3n) is 2.28. The molecule has 0 aromatic carbocycles. The van der Waals surface area contributed by atoms with Crippen molar-refractivity contribution >= 4 is 0 Å². The van der Waals surface area contributed by atoms with Gasteiger partial charge in [0.05, 0.1) is 6.54 Å². The summed E-state index contributed by atoms with van der Waals surface area (Å²) in [5.74, 6) is 4.93. The van der Waals surface area contributed by atoms with Crippen LogP contribution in [0.5, 0.6) is 0 Å². The van der Waals surface area contributed by atoms with Gasteiger partial charge < -0.3 is 5.84 Å². The van der Waals surface area contributed by atoms with E-state index in [9.17, 15) is 0 Å². The zero-order chi connectivity index (χ0) is 8.10. The SMILES string of the molecule is CCN1CCC[C@H]1CN=NN. The lowest BCUT2D eigenvalue weighted by Crippen LogP contribution is -2.31. The molecule has 1 aliphatic rings. The molecule has 0 aliphatic carbocycles. The molecule has 0 aromatic rings. The largest absolute Gasteiger partial charge is 0.305 e. The maximum absolute atomic E-state index is 4.93. The number of likely N-dealkylation sites (tertiary alicyclic amines) is 1. The van der Waals surface area contributed by atoms with Crippen LogP contribution in [0, 0.1) is 0 Å². The van der Waals surface area contributed by atoms with Gasteiger partial charge in [0.2, 0.25) is 0 Å². The highest BCUT2D eigenvalue weighted by Gasteiger charge is 2.22. The summed E-state index contributed by atoms with van der Waals surface area (Å²) in [5.41, 5.74) is 0. The summed E-state index contributed by atoms with van der Waals surface area (Å²) in [7, 11) is 0. The molecule has 4 heteroatoms. The molecule has 2 N–H and O–H groups in total. The quantitative estimate of drug-likeness (QED) is 0.373. The Hall–Kier alpha value is -0.640. The van der Waals surface area contributed by atoms with Crippen LogP contribution in [0.1, 0.15) is 19.8 Å². The van der Waals surface area contributed by atoms with E-state index in [1.165, 1.54) is 19.4 Å². The fraction of sp³-hybridized carbons (Fsp3) is 1.00. The molecule has 64 valence electrons. The first-order valence-electron chi connectivity index (χ1n) is 4.19. The Morgan fingerprint density at radius 3 is 3.09 bits per heavy atom. The molecule has 0 unspecified atom stereocenters. The first kappa shape index (κ1) is 8.46. The third-order valence-corrected chi connectivity index (χ3v) is 2.28. The lowest BCUT2D eigenvalue weighted by Gasteiger charge is -2.19. The van der Waals surface area contributed by atoms with E-state index in [2.05, 4.69) is 22.2 Å². The van der Waals surface area contributed by atoms with E-state index in [-0.39, 0.29) is 0 Å². The highest BCUT2D eigenvalue weighted by Crippen LogP contribution is 2.16. The van der Waals surface area contributed by atoms with Crippen molar-refractivity contribution in [3.63, 3.8) is 0 Å². The van der Waals surface area contributed by atoms with E-state index in [1.807, 2.05) is 0 Å². The minimum atomic E-state index is 0.590. The molecular weight excluding hydrogens is 140 g/mol. The molecule has 0 aromatic heterocycles. The molecule has 0 spiro atoms. The summed E-state index contributed by atoms with van der Waals surface area (Å²) in [4.78, 5) is 2.43. The summed E-state index contributed by atoms with van der Waals surface area (Å²) >= 11 is 0. The number of likely N-dealkylation sites (N-methyl/N-ethyl adjacent to an activating group) is 1. The molecule has 1 aliphatic heterocycles. The molecule has 1 heterocycles. The van der Waals surface area contributed by atoms with E-state index in [0.717, 1.165) is 13.1 Å². The predicted octanol–water partition coefficient (Wildman–Crippen LogP) is 0.797. The predicted molar refractivity (Wildman–Crippen MR) is 44.2 cm³/mol. The standard InChI is InChI=1S/C7H16N4/c1-2-11-5-3-4-7(11)6-9-10-8/h7H,2-6H2,1H3,(H2,8,9)/t7-/m0/s1. The van der Waals surface area contributed by atoms with Gasteiger partial charge in [0, 0.05) is 6.04 Å². The summed E-state index contributed by atoms with van der Waals surface area (Å²) in [6.45, 7) is 5.27. The van der Waals surface area contributed by atoms with Crippen LogP contribution in [0.15, 0.2) is 10.3 Å². The molecule has 11 heavy (non-hydrogen) atoms. The van der Waals surface area contributed by atoms with Crippen molar-refractivity contribution in [3.05, 3.63) is 0 Å². The summed E-state index contributed by atoms with van der Waals surface area (Å²) in [6.07, 6.45) is 2.53. The second kappa shape index (κ2) is 4.28. The van der Waals surface area contributed by atoms with Gasteiger partial charge in [-0.25, -0.2) is 0 Å². The van der Waals surface area contributed by atoms with Crippen LogP contribution < -0.4 is 5.84 Å². The number of nitrogens with zero attached hydrogens (tertiary/aromatic N) is 3. The lowest BCUT2D eigenvalue weighted by molar-refractivity contribution is 0.271. The lowest BCUT2D eigenvalue weighted by atomic mass is 10.2. The van der Waals surface area contributed by atoms with Gasteiger partial charge in [0.1, 0.15) is 0 Å². The number of rotatable bonds is 3. The average Bonchev–Trinajstić information content (AvgIpc) is 2.47. The van der Waals surface area contributed by atoms with Crippen LogP contribution in [0.25, 0.3) is 0 Å². The van der Waals surface area contributed by atoms with E-state index >= 15 is 0 Å². The Morgan fingerprint density at radius 2 is 2.45 bits per heavy atom. The monoisotopic (exact) mass is 156 g/mol. The van der Waals surface area contributed by atoms with Crippen LogP contribution in [-0.4, -0.2) is 30.6 Å². The Morgan fingerprint density at radius 1 is 1.64 bits per heavy atom. The fourth-order valence-electron chi connectivity index (χ4n) is 1.66. The normalized spacial score (nSPS) is 26.8. The Bertz CT molecular complexity index is 134. The Kier molecular flexibility index (Phi) is 3.29. The van der Waals surface area contributed by atoms with Gasteiger partial charge in [-0.05, 0) is 25.9 Å². The fourth-order valence-corrected chi connectivity index (χ4v) is 1.66. The van der Waals surface area contributed by atoms with Gasteiger partial charge in [0.15, 0.2) is 0 Å². The van der Waals surface area contributed by atoms with Crippen molar-refractivity contribution < 1.29 is 0 Å². The van der Waals surface area contributed by atoms with Crippen molar-refractivity contribution in [2.75, 3.05) is 19.6 Å². The number of nitrogens with two attached hydrogens (primary N) is 1. The van der Waals surface area contributed by atoms with Crippen molar-refractivity contribution in [1.82, 2.24) is 4.90 Å². The highest BCUT2D eigenvalue weighted by atomic mass is 15.3. The molecule has 1 rings (SSSR count). The first-order chi connectivity index (χ1) is 5.38. The van der Waals surface area contributed by atoms with Crippen LogP contribution >= 0.6 is 0 Å². The van der Waals surface area contributed by atoms with Crippen LogP contribution in [0.4, 0.5) is 0 Å². The molecule has 0 radical (unpaired) electrons. The highest BCUT2D eigenvalue weighted by molar-refractivity contribution is 4.79. The summed E-state index contributed by atoms with van der Waals surface area (Å²) in [6, 6.07) is 0.590. The minimum absolute atomic E-state index is 0.590. The minimum Gasteiger partial charge on any atom is -0.305 e. The van der Waals surface area contributed by atoms with Gasteiger partial charge >= 0.3 is 0 Å². The molecular formula is C7H16N4. The van der Waals surface area contributed by atoms with Crippen molar-refractivity contribution in [1.29, 1.82) is 0 Å². The molecule has 1 saturated heterocycles. The maximum atomic E-state index is 4.93. The zero-order valence-electron chi connectivity index (χ0n) is 7.03. The van der Waals surface area contributed by atoms with E-state index < -0.39 is 0 Å². The maximum Gasteiger partial charge on any atom is 0.0775 e. The van der Waals surface area contributed by atoms with Gasteiger partial charge in [-0.15, -0.1) is 0 Å². The molecule has 0 saturated carbocycles. The molecule has 1 atom stereocenters. The van der Waals surface area contributed by atoms with Gasteiger partial charge in [-0.1, -0.05) is 12.1 Å². The molecule has 4 nitrogen and oxygen atoms in total. The topological polar surface area (TPSA) is 54.0 Å². The van der Waals surface area contributed by atoms with Gasteiger partial charge in [-0.2, -0.15) is 5.11 Å². The summed E-state index contributed by atoms with van der Waals surface area (Å²) < 4.78 is 0. The number of hydrogen-bond acceptors (Lipinski definition) is 3. The van der Waals surface area contributed by atoms with E-state index in [0.29, 0.717) is 6.04 Å². The second-order valence-corrected chi connectivity index (χ2v) is 2.86. The van der Waals surface area contributed by atoms with Gasteiger partial charge in [0.25, 0.3) is 0 Å². The third kappa shape index (κ3) is 2.15. The first-order valence-corrected chi connectivity index (χ1v) is 4.19. The van der Waals surface area contributed by atoms with Crippen LogP contribution in [0.3, 0.4) is 0 Å². The van der Waals surface area contributed by atoms with E-state index in [1.54, 1.807) is 0 Å². The number of hydrogen-bond donors (Lipinski definition) is 1. The average molecular weight is 156 g/mol. The van der Waals surface area contributed by atoms with Gasteiger partial charge in [-0.3, -0.25) is 4.90 Å². The van der Waals surface area contributed by atoms with Crippen molar-refractivity contribution in [3.8, 4) is 0 Å². The second-order valence-electron chi connectivity index (χ2n) is 2.86. The smallest absolute Gasteiger partial charge is 0.0775 e. The van der Waals surface area contributed by atoms with Crippen LogP contribution in [-0.2, 0) is 0 Å². The molecule has 1 fully saturated rings. The molecule has 0 bridgehead atoms. The van der Waals surface area contributed by atoms with E-state index in [4.69, 9.17) is 5.84 Å². The Balaban J connectivity index is 2.31. The summed E-state index contributed by atoms with van der Waals surface area (Å²) in [5, 5.41) is 7.08. The van der Waals surface area contributed by atoms with Crippen LogP contribution in [0.2, 0.25) is 0 Å². The zero-order valence-corrected chi connectivity index (χ0v) is 7.03. The molecule has 0 amide bonds. The van der Waals surface area contributed by atoms with Crippen molar-refractivity contribution in [2.45, 2.75) is 25.8 Å².